The zero-order valence-electron chi connectivity index (χ0n) is 10.5. The number of hydrogen-bond acceptors (Lipinski definition) is 4. The van der Waals surface area contributed by atoms with Crippen molar-refractivity contribution in [1.82, 2.24) is 20.6 Å². The summed E-state index contributed by atoms with van der Waals surface area (Å²) in [6, 6.07) is 0.572. The van der Waals surface area contributed by atoms with E-state index in [4.69, 9.17) is 0 Å². The summed E-state index contributed by atoms with van der Waals surface area (Å²) in [5.41, 5.74) is 1.97. The highest BCUT2D eigenvalue weighted by molar-refractivity contribution is 4.99. The van der Waals surface area contributed by atoms with Crippen LogP contribution in [0.25, 0.3) is 0 Å². The van der Waals surface area contributed by atoms with E-state index < -0.39 is 0 Å². The van der Waals surface area contributed by atoms with Gasteiger partial charge >= 0.3 is 0 Å². The molecule has 0 saturated carbocycles. The number of hydrogen-bond donors (Lipinski definition) is 2. The summed E-state index contributed by atoms with van der Waals surface area (Å²) < 4.78 is 0. The van der Waals surface area contributed by atoms with Crippen molar-refractivity contribution in [1.29, 1.82) is 0 Å². The maximum absolute atomic E-state index is 4.28. The van der Waals surface area contributed by atoms with Crippen molar-refractivity contribution in [2.24, 2.45) is 0 Å². The largest absolute Gasteiger partial charge is 0.314 e. The highest BCUT2D eigenvalue weighted by atomic mass is 14.9. The van der Waals surface area contributed by atoms with Gasteiger partial charge < -0.3 is 10.6 Å². The molecule has 0 saturated heterocycles. The molecule has 0 amide bonds. The monoisotopic (exact) mass is 222 g/mol. The Hall–Kier alpha value is -1.00. The van der Waals surface area contributed by atoms with Crippen molar-refractivity contribution in [2.45, 2.75) is 39.8 Å². The van der Waals surface area contributed by atoms with Gasteiger partial charge in [0.2, 0.25) is 0 Å². The topological polar surface area (TPSA) is 49.8 Å². The standard InChI is InChI=1S/C12H22N4/c1-10(2)14-6-4-5-13-8-12-9-15-11(3)7-16-12/h7,9-10,13-14H,4-6,8H2,1-3H3. The molecule has 90 valence electrons. The van der Waals surface area contributed by atoms with E-state index in [1.165, 1.54) is 0 Å². The summed E-state index contributed by atoms with van der Waals surface area (Å²) in [6.07, 6.45) is 4.77. The Balaban J connectivity index is 2.05. The number of aryl methyl sites for hydroxylation is 1. The minimum absolute atomic E-state index is 0.572. The van der Waals surface area contributed by atoms with Gasteiger partial charge in [0.25, 0.3) is 0 Å². The molecule has 0 spiro atoms. The Morgan fingerprint density at radius 2 is 2.00 bits per heavy atom. The van der Waals surface area contributed by atoms with Gasteiger partial charge in [-0.05, 0) is 26.4 Å². The molecular formula is C12H22N4. The van der Waals surface area contributed by atoms with Gasteiger partial charge in [-0.1, -0.05) is 13.8 Å². The van der Waals surface area contributed by atoms with Crippen molar-refractivity contribution in [3.63, 3.8) is 0 Å². The third kappa shape index (κ3) is 5.78. The molecule has 0 aliphatic carbocycles. The quantitative estimate of drug-likeness (QED) is 0.682. The smallest absolute Gasteiger partial charge is 0.0724 e. The van der Waals surface area contributed by atoms with E-state index in [9.17, 15) is 0 Å². The summed E-state index contributed by atoms with van der Waals surface area (Å²) in [7, 11) is 0. The molecule has 1 rings (SSSR count). The molecule has 4 heteroatoms. The second kappa shape index (κ2) is 7.30. The summed E-state index contributed by atoms with van der Waals surface area (Å²) >= 11 is 0. The molecule has 0 fully saturated rings. The Morgan fingerprint density at radius 1 is 1.19 bits per heavy atom. The van der Waals surface area contributed by atoms with Crippen LogP contribution in [-0.2, 0) is 6.54 Å². The van der Waals surface area contributed by atoms with Gasteiger partial charge in [-0.15, -0.1) is 0 Å². The van der Waals surface area contributed by atoms with Crippen LogP contribution in [0.2, 0.25) is 0 Å². The van der Waals surface area contributed by atoms with E-state index in [2.05, 4.69) is 34.4 Å². The van der Waals surface area contributed by atoms with Gasteiger partial charge in [0.15, 0.2) is 0 Å². The first-order valence-electron chi connectivity index (χ1n) is 5.90. The maximum Gasteiger partial charge on any atom is 0.0724 e. The van der Waals surface area contributed by atoms with Crippen LogP contribution in [-0.4, -0.2) is 29.1 Å². The Bertz CT molecular complexity index is 282. The molecule has 4 nitrogen and oxygen atoms in total. The van der Waals surface area contributed by atoms with Crippen molar-refractivity contribution in [2.75, 3.05) is 13.1 Å². The average Bonchev–Trinajstić information content (AvgIpc) is 2.25. The molecule has 0 unspecified atom stereocenters. The lowest BCUT2D eigenvalue weighted by Gasteiger charge is -2.08. The lowest BCUT2D eigenvalue weighted by molar-refractivity contribution is 0.545. The van der Waals surface area contributed by atoms with Crippen molar-refractivity contribution < 1.29 is 0 Å². The molecule has 0 radical (unpaired) electrons. The minimum Gasteiger partial charge on any atom is -0.314 e. The molecule has 1 aromatic rings. The molecule has 2 N–H and O–H groups in total. The summed E-state index contributed by atoms with van der Waals surface area (Å²) in [5.74, 6) is 0. The first-order chi connectivity index (χ1) is 7.68. The van der Waals surface area contributed by atoms with E-state index >= 15 is 0 Å². The summed E-state index contributed by atoms with van der Waals surface area (Å²) in [6.45, 7) is 9.14. The fourth-order valence-corrected chi connectivity index (χ4v) is 1.33. The zero-order chi connectivity index (χ0) is 11.8. The molecule has 1 aromatic heterocycles. The number of aromatic nitrogens is 2. The molecule has 0 atom stereocenters. The first kappa shape index (κ1) is 13.1. The van der Waals surface area contributed by atoms with Crippen LogP contribution >= 0.6 is 0 Å². The highest BCUT2D eigenvalue weighted by Crippen LogP contribution is 1.93. The summed E-state index contributed by atoms with van der Waals surface area (Å²) in [5, 5.41) is 6.74. The highest BCUT2D eigenvalue weighted by Gasteiger charge is 1.95. The molecule has 16 heavy (non-hydrogen) atoms. The fourth-order valence-electron chi connectivity index (χ4n) is 1.33. The maximum atomic E-state index is 4.28. The predicted octanol–water partition coefficient (Wildman–Crippen LogP) is 1.26. The predicted molar refractivity (Wildman–Crippen MR) is 66.2 cm³/mol. The number of rotatable bonds is 7. The molecule has 0 aromatic carbocycles. The molecular weight excluding hydrogens is 200 g/mol. The van der Waals surface area contributed by atoms with E-state index in [0.29, 0.717) is 6.04 Å². The van der Waals surface area contributed by atoms with E-state index in [-0.39, 0.29) is 0 Å². The van der Waals surface area contributed by atoms with Gasteiger partial charge in [-0.3, -0.25) is 9.97 Å². The van der Waals surface area contributed by atoms with E-state index in [1.54, 1.807) is 6.20 Å². The fraction of sp³-hybridized carbons (Fsp3) is 0.667. The summed E-state index contributed by atoms with van der Waals surface area (Å²) in [4.78, 5) is 8.49. The van der Waals surface area contributed by atoms with Crippen LogP contribution in [0.1, 0.15) is 31.7 Å². The zero-order valence-corrected chi connectivity index (χ0v) is 10.5. The van der Waals surface area contributed by atoms with Crippen LogP contribution in [0.15, 0.2) is 12.4 Å². The third-order valence-electron chi connectivity index (χ3n) is 2.22. The van der Waals surface area contributed by atoms with Gasteiger partial charge in [0.1, 0.15) is 0 Å². The van der Waals surface area contributed by atoms with Gasteiger partial charge in [0.05, 0.1) is 11.4 Å². The van der Waals surface area contributed by atoms with Crippen LogP contribution in [0.3, 0.4) is 0 Å². The van der Waals surface area contributed by atoms with Crippen LogP contribution in [0.4, 0.5) is 0 Å². The minimum atomic E-state index is 0.572. The normalized spacial score (nSPS) is 11.0. The Kier molecular flexibility index (Phi) is 5.96. The number of nitrogens with zero attached hydrogens (tertiary/aromatic N) is 2. The molecule has 0 bridgehead atoms. The first-order valence-corrected chi connectivity index (χ1v) is 5.90. The van der Waals surface area contributed by atoms with Crippen LogP contribution in [0.5, 0.6) is 0 Å². The average molecular weight is 222 g/mol. The van der Waals surface area contributed by atoms with Crippen LogP contribution < -0.4 is 10.6 Å². The van der Waals surface area contributed by atoms with Gasteiger partial charge in [0, 0.05) is 25.0 Å². The van der Waals surface area contributed by atoms with Crippen LogP contribution in [0, 0.1) is 6.92 Å². The van der Waals surface area contributed by atoms with Crippen molar-refractivity contribution in [3.8, 4) is 0 Å². The van der Waals surface area contributed by atoms with Gasteiger partial charge in [-0.2, -0.15) is 0 Å². The number of nitrogens with one attached hydrogen (secondary N) is 2. The molecule has 0 aliphatic heterocycles. The Morgan fingerprint density at radius 3 is 2.62 bits per heavy atom. The van der Waals surface area contributed by atoms with Crippen molar-refractivity contribution in [3.05, 3.63) is 23.8 Å². The van der Waals surface area contributed by atoms with E-state index in [1.807, 2.05) is 13.1 Å². The second-order valence-corrected chi connectivity index (χ2v) is 4.29. The SMILES string of the molecule is Cc1cnc(CNCCCNC(C)C)cn1. The second-order valence-electron chi connectivity index (χ2n) is 4.29. The van der Waals surface area contributed by atoms with Crippen molar-refractivity contribution >= 4 is 0 Å². The lowest BCUT2D eigenvalue weighted by Crippen LogP contribution is -2.26. The third-order valence-corrected chi connectivity index (χ3v) is 2.22. The molecule has 1 heterocycles. The Labute approximate surface area is 97.9 Å². The van der Waals surface area contributed by atoms with E-state index in [0.717, 1.165) is 37.4 Å². The molecule has 0 aliphatic rings. The lowest BCUT2D eigenvalue weighted by atomic mass is 10.3. The van der Waals surface area contributed by atoms with Gasteiger partial charge in [-0.25, -0.2) is 0 Å².